The van der Waals surface area contributed by atoms with E-state index < -0.39 is 0 Å². The van der Waals surface area contributed by atoms with Crippen LogP contribution >= 0.6 is 24.0 Å². The maximum atomic E-state index is 11.6. The van der Waals surface area contributed by atoms with Crippen LogP contribution in [0.15, 0.2) is 52.5 Å². The highest BCUT2D eigenvalue weighted by Gasteiger charge is 2.07. The van der Waals surface area contributed by atoms with Gasteiger partial charge < -0.3 is 19.4 Å². The molecule has 0 saturated carbocycles. The van der Waals surface area contributed by atoms with Gasteiger partial charge in [0.15, 0.2) is 5.96 Å². The van der Waals surface area contributed by atoms with Crippen LogP contribution in [0.3, 0.4) is 0 Å². The van der Waals surface area contributed by atoms with Crippen molar-refractivity contribution in [3.05, 3.63) is 58.8 Å². The predicted octanol–water partition coefficient (Wildman–Crippen LogP) is 2.29. The quantitative estimate of drug-likeness (QED) is 0.301. The van der Waals surface area contributed by atoms with Crippen LogP contribution in [-0.2, 0) is 20.1 Å². The van der Waals surface area contributed by atoms with Crippen molar-refractivity contribution >= 4 is 29.9 Å². The molecule has 2 aromatic heterocycles. The average molecular weight is 457 g/mol. The van der Waals surface area contributed by atoms with Gasteiger partial charge in [-0.25, -0.2) is 0 Å². The normalized spacial score (nSPS) is 11.1. The van der Waals surface area contributed by atoms with Gasteiger partial charge in [0.05, 0.1) is 6.54 Å². The van der Waals surface area contributed by atoms with Crippen molar-refractivity contribution in [3.63, 3.8) is 0 Å². The minimum absolute atomic E-state index is 0. The van der Waals surface area contributed by atoms with Gasteiger partial charge in [0, 0.05) is 58.4 Å². The highest BCUT2D eigenvalue weighted by atomic mass is 127. The van der Waals surface area contributed by atoms with Crippen molar-refractivity contribution in [3.8, 4) is 0 Å². The van der Waals surface area contributed by atoms with E-state index in [0.29, 0.717) is 0 Å². The number of nitrogens with one attached hydrogen (secondary N) is 1. The molecule has 25 heavy (non-hydrogen) atoms. The summed E-state index contributed by atoms with van der Waals surface area (Å²) < 4.78 is 3.86. The first-order valence-electron chi connectivity index (χ1n) is 8.29. The average Bonchev–Trinajstić information content (AvgIpc) is 2.97. The van der Waals surface area contributed by atoms with Gasteiger partial charge in [-0.3, -0.25) is 9.79 Å². The van der Waals surface area contributed by atoms with Crippen LogP contribution in [0.5, 0.6) is 0 Å². The fourth-order valence-electron chi connectivity index (χ4n) is 2.62. The summed E-state index contributed by atoms with van der Waals surface area (Å²) in [5.41, 5.74) is 1.30. The summed E-state index contributed by atoms with van der Waals surface area (Å²) in [4.78, 5) is 18.1. The number of unbranched alkanes of at least 4 members (excludes halogenated alkanes) is 1. The number of pyridine rings is 1. The Morgan fingerprint density at radius 2 is 2.00 bits per heavy atom. The minimum Gasteiger partial charge on any atom is -0.356 e. The third-order valence-corrected chi connectivity index (χ3v) is 4.03. The SMILES string of the molecule is CN=C(NCCCCn1ccccc1=O)N(C)Cc1cccn1C.I. The molecule has 0 aliphatic rings. The highest BCUT2D eigenvalue weighted by molar-refractivity contribution is 14.0. The molecule has 6 nitrogen and oxygen atoms in total. The number of aryl methyl sites for hydroxylation is 2. The molecule has 0 radical (unpaired) electrons. The van der Waals surface area contributed by atoms with Gasteiger partial charge in [-0.2, -0.15) is 0 Å². The van der Waals surface area contributed by atoms with E-state index in [1.54, 1.807) is 23.7 Å². The zero-order valence-corrected chi connectivity index (χ0v) is 17.5. The zero-order valence-electron chi connectivity index (χ0n) is 15.2. The van der Waals surface area contributed by atoms with E-state index in [1.165, 1.54) is 5.69 Å². The third-order valence-electron chi connectivity index (χ3n) is 4.03. The molecule has 1 N–H and O–H groups in total. The van der Waals surface area contributed by atoms with Crippen molar-refractivity contribution < 1.29 is 0 Å². The van der Waals surface area contributed by atoms with E-state index in [-0.39, 0.29) is 29.5 Å². The molecule has 0 aliphatic carbocycles. The van der Waals surface area contributed by atoms with Crippen LogP contribution in [0.25, 0.3) is 0 Å². The van der Waals surface area contributed by atoms with Crippen molar-refractivity contribution in [2.75, 3.05) is 20.6 Å². The molecule has 0 fully saturated rings. The Labute approximate surface area is 166 Å². The number of aliphatic imine (C=N–C) groups is 1. The van der Waals surface area contributed by atoms with Crippen LogP contribution < -0.4 is 10.9 Å². The molecule has 0 saturated heterocycles. The summed E-state index contributed by atoms with van der Waals surface area (Å²) in [5.74, 6) is 0.882. The van der Waals surface area contributed by atoms with Gasteiger partial charge in [0.25, 0.3) is 0 Å². The first kappa shape index (κ1) is 21.3. The lowest BCUT2D eigenvalue weighted by molar-refractivity contribution is 0.459. The number of rotatable bonds is 7. The van der Waals surface area contributed by atoms with E-state index in [2.05, 4.69) is 25.8 Å². The molecule has 2 heterocycles. The van der Waals surface area contributed by atoms with Gasteiger partial charge in [-0.1, -0.05) is 6.07 Å². The molecule has 2 rings (SSSR count). The zero-order chi connectivity index (χ0) is 17.4. The molecule has 0 atom stereocenters. The van der Waals surface area contributed by atoms with Crippen LogP contribution in [0.2, 0.25) is 0 Å². The summed E-state index contributed by atoms with van der Waals surface area (Å²) >= 11 is 0. The van der Waals surface area contributed by atoms with E-state index >= 15 is 0 Å². The Morgan fingerprint density at radius 3 is 2.64 bits per heavy atom. The summed E-state index contributed by atoms with van der Waals surface area (Å²) in [6.45, 7) is 2.40. The van der Waals surface area contributed by atoms with E-state index in [0.717, 1.165) is 38.4 Å². The lowest BCUT2D eigenvalue weighted by Gasteiger charge is -2.22. The number of guanidine groups is 1. The highest BCUT2D eigenvalue weighted by Crippen LogP contribution is 2.03. The number of aromatic nitrogens is 2. The third kappa shape index (κ3) is 6.56. The number of nitrogens with zero attached hydrogens (tertiary/aromatic N) is 4. The smallest absolute Gasteiger partial charge is 0.250 e. The molecule has 0 spiro atoms. The molecular formula is C18H28IN5O. The van der Waals surface area contributed by atoms with Crippen molar-refractivity contribution in [2.24, 2.45) is 12.0 Å². The van der Waals surface area contributed by atoms with Gasteiger partial charge in [-0.15, -0.1) is 24.0 Å². The predicted molar refractivity (Wildman–Crippen MR) is 114 cm³/mol. The van der Waals surface area contributed by atoms with E-state index in [4.69, 9.17) is 0 Å². The van der Waals surface area contributed by atoms with Crippen molar-refractivity contribution in [1.82, 2.24) is 19.4 Å². The van der Waals surface area contributed by atoms with Gasteiger partial charge >= 0.3 is 0 Å². The Balaban J connectivity index is 0.00000312. The second kappa shape index (κ2) is 11.0. The van der Waals surface area contributed by atoms with E-state index in [1.807, 2.05) is 38.6 Å². The van der Waals surface area contributed by atoms with Crippen LogP contribution in [0.1, 0.15) is 18.5 Å². The fraction of sp³-hybridized carbons (Fsp3) is 0.444. The first-order chi connectivity index (χ1) is 11.6. The molecule has 0 aliphatic heterocycles. The van der Waals surface area contributed by atoms with Gasteiger partial charge in [0.1, 0.15) is 0 Å². The molecule has 0 aromatic carbocycles. The van der Waals surface area contributed by atoms with Crippen LogP contribution in [0, 0.1) is 0 Å². The molecule has 2 aromatic rings. The molecule has 0 amide bonds. The minimum atomic E-state index is 0. The van der Waals surface area contributed by atoms with Crippen molar-refractivity contribution in [2.45, 2.75) is 25.9 Å². The molecule has 7 heteroatoms. The number of hydrogen-bond acceptors (Lipinski definition) is 2. The van der Waals surface area contributed by atoms with Gasteiger partial charge in [-0.05, 0) is 31.0 Å². The molecule has 0 bridgehead atoms. The standard InChI is InChI=1S/C18H27N5O.HI/c1-19-18(22(3)15-16-9-8-12-21(16)2)20-11-5-7-14-23-13-6-4-10-17(23)24;/h4,6,8-10,12-13H,5,7,11,14-15H2,1-3H3,(H,19,20);1H. The summed E-state index contributed by atoms with van der Waals surface area (Å²) in [5, 5.41) is 3.38. The largest absolute Gasteiger partial charge is 0.356 e. The Morgan fingerprint density at radius 1 is 1.20 bits per heavy atom. The number of halogens is 1. The molecule has 138 valence electrons. The van der Waals surface area contributed by atoms with Crippen LogP contribution in [-0.4, -0.2) is 40.6 Å². The summed E-state index contributed by atoms with van der Waals surface area (Å²) in [6, 6.07) is 9.41. The summed E-state index contributed by atoms with van der Waals surface area (Å²) in [6.07, 6.45) is 5.82. The monoisotopic (exact) mass is 457 g/mol. The maximum Gasteiger partial charge on any atom is 0.250 e. The Hall–Kier alpha value is -1.77. The molecule has 0 unspecified atom stereocenters. The lowest BCUT2D eigenvalue weighted by Crippen LogP contribution is -2.39. The topological polar surface area (TPSA) is 54.6 Å². The Kier molecular flexibility index (Phi) is 9.33. The Bertz CT molecular complexity index is 722. The second-order valence-electron chi connectivity index (χ2n) is 5.88. The number of hydrogen-bond donors (Lipinski definition) is 1. The van der Waals surface area contributed by atoms with Crippen molar-refractivity contribution in [1.29, 1.82) is 0 Å². The second-order valence-corrected chi connectivity index (χ2v) is 5.88. The fourth-order valence-corrected chi connectivity index (χ4v) is 2.62. The van der Waals surface area contributed by atoms with Gasteiger partial charge in [0.2, 0.25) is 5.56 Å². The van der Waals surface area contributed by atoms with E-state index in [9.17, 15) is 4.79 Å². The lowest BCUT2D eigenvalue weighted by atomic mass is 10.3. The summed E-state index contributed by atoms with van der Waals surface area (Å²) in [7, 11) is 5.88. The first-order valence-corrected chi connectivity index (χ1v) is 8.29. The van der Waals surface area contributed by atoms with Crippen LogP contribution in [0.4, 0.5) is 0 Å². The molecular weight excluding hydrogens is 429 g/mol. The maximum absolute atomic E-state index is 11.6.